The smallest absolute Gasteiger partial charge is 0.154 e. The molecule has 5 heteroatoms. The normalized spacial score (nSPS) is 17.5. The lowest BCUT2D eigenvalue weighted by atomic mass is 9.93. The summed E-state index contributed by atoms with van der Waals surface area (Å²) in [5.74, 6) is 1.84. The lowest BCUT2D eigenvalue weighted by molar-refractivity contribution is 0.385. The van der Waals surface area contributed by atoms with E-state index in [0.29, 0.717) is 0 Å². The largest absolute Gasteiger partial charge is 0.355 e. The highest BCUT2D eigenvalue weighted by Gasteiger charge is 2.21. The Balaban J connectivity index is 1.78. The van der Waals surface area contributed by atoms with Gasteiger partial charge in [0.25, 0.3) is 0 Å². The summed E-state index contributed by atoms with van der Waals surface area (Å²) >= 11 is 0. The van der Waals surface area contributed by atoms with Crippen LogP contribution < -0.4 is 10.6 Å². The molecular formula is C13H19N5. The Labute approximate surface area is 107 Å². The minimum atomic E-state index is 0.788. The predicted octanol–water partition coefficient (Wildman–Crippen LogP) is 1.29. The molecule has 1 fully saturated rings. The molecule has 0 amide bonds. The van der Waals surface area contributed by atoms with E-state index in [-0.39, 0.29) is 0 Å². The summed E-state index contributed by atoms with van der Waals surface area (Å²) in [5, 5.41) is 4.25. The SMILES string of the molecule is NCCC1CCN(c2nccn3nccc23)CC1. The van der Waals surface area contributed by atoms with Gasteiger partial charge in [-0.25, -0.2) is 9.50 Å². The van der Waals surface area contributed by atoms with Gasteiger partial charge in [0, 0.05) is 25.5 Å². The van der Waals surface area contributed by atoms with E-state index in [1.807, 2.05) is 29.2 Å². The van der Waals surface area contributed by atoms with Crippen molar-refractivity contribution >= 4 is 11.3 Å². The molecule has 0 spiro atoms. The second-order valence-corrected chi connectivity index (χ2v) is 4.92. The van der Waals surface area contributed by atoms with Crippen LogP contribution in [0.2, 0.25) is 0 Å². The van der Waals surface area contributed by atoms with Crippen LogP contribution in [0.1, 0.15) is 19.3 Å². The zero-order chi connectivity index (χ0) is 12.4. The van der Waals surface area contributed by atoms with Crippen molar-refractivity contribution in [2.45, 2.75) is 19.3 Å². The topological polar surface area (TPSA) is 59.5 Å². The van der Waals surface area contributed by atoms with Gasteiger partial charge < -0.3 is 10.6 Å². The molecule has 0 aromatic carbocycles. The molecule has 0 saturated carbocycles. The Morgan fingerprint density at radius 1 is 1.28 bits per heavy atom. The zero-order valence-corrected chi connectivity index (χ0v) is 10.5. The lowest BCUT2D eigenvalue weighted by Crippen LogP contribution is -2.35. The molecule has 0 aliphatic carbocycles. The van der Waals surface area contributed by atoms with Crippen LogP contribution in [0.4, 0.5) is 5.82 Å². The second-order valence-electron chi connectivity index (χ2n) is 4.92. The molecule has 0 atom stereocenters. The molecule has 96 valence electrons. The minimum Gasteiger partial charge on any atom is -0.355 e. The summed E-state index contributed by atoms with van der Waals surface area (Å²) in [6, 6.07) is 2.02. The van der Waals surface area contributed by atoms with Gasteiger partial charge in [-0.2, -0.15) is 5.10 Å². The zero-order valence-electron chi connectivity index (χ0n) is 10.5. The minimum absolute atomic E-state index is 0.788. The highest BCUT2D eigenvalue weighted by molar-refractivity contribution is 5.68. The summed E-state index contributed by atoms with van der Waals surface area (Å²) in [4.78, 5) is 6.88. The van der Waals surface area contributed by atoms with Crippen molar-refractivity contribution in [2.75, 3.05) is 24.5 Å². The first kappa shape index (κ1) is 11.5. The van der Waals surface area contributed by atoms with Crippen molar-refractivity contribution in [3.05, 3.63) is 24.7 Å². The summed E-state index contributed by atoms with van der Waals surface area (Å²) < 4.78 is 1.88. The molecule has 1 aliphatic heterocycles. The van der Waals surface area contributed by atoms with Gasteiger partial charge in [-0.15, -0.1) is 0 Å². The molecule has 1 saturated heterocycles. The fourth-order valence-electron chi connectivity index (χ4n) is 2.76. The van der Waals surface area contributed by atoms with E-state index in [9.17, 15) is 0 Å². The fraction of sp³-hybridized carbons (Fsp3) is 0.538. The third-order valence-electron chi connectivity index (χ3n) is 3.79. The molecule has 2 aromatic heterocycles. The lowest BCUT2D eigenvalue weighted by Gasteiger charge is -2.32. The molecule has 0 radical (unpaired) electrons. The number of hydrogen-bond donors (Lipinski definition) is 1. The number of anilines is 1. The molecule has 3 rings (SSSR count). The number of hydrogen-bond acceptors (Lipinski definition) is 4. The Kier molecular flexibility index (Phi) is 3.15. The maximum atomic E-state index is 5.63. The van der Waals surface area contributed by atoms with Gasteiger partial charge in [-0.3, -0.25) is 0 Å². The van der Waals surface area contributed by atoms with E-state index >= 15 is 0 Å². The van der Waals surface area contributed by atoms with Crippen molar-refractivity contribution < 1.29 is 0 Å². The monoisotopic (exact) mass is 245 g/mol. The van der Waals surface area contributed by atoms with Gasteiger partial charge in [0.15, 0.2) is 5.82 Å². The van der Waals surface area contributed by atoms with Gasteiger partial charge in [-0.1, -0.05) is 0 Å². The first-order valence-electron chi connectivity index (χ1n) is 6.62. The van der Waals surface area contributed by atoms with Crippen molar-refractivity contribution in [3.63, 3.8) is 0 Å². The maximum Gasteiger partial charge on any atom is 0.154 e. The number of nitrogens with two attached hydrogens (primary N) is 1. The molecular weight excluding hydrogens is 226 g/mol. The Bertz CT molecular complexity index is 513. The fourth-order valence-corrected chi connectivity index (χ4v) is 2.76. The van der Waals surface area contributed by atoms with E-state index in [2.05, 4.69) is 15.0 Å². The van der Waals surface area contributed by atoms with E-state index < -0.39 is 0 Å². The van der Waals surface area contributed by atoms with Gasteiger partial charge in [0.05, 0.1) is 6.20 Å². The summed E-state index contributed by atoms with van der Waals surface area (Å²) in [6.07, 6.45) is 9.11. The Hall–Kier alpha value is -1.62. The first-order valence-corrected chi connectivity index (χ1v) is 6.62. The number of piperidine rings is 1. The summed E-state index contributed by atoms with van der Waals surface area (Å²) in [7, 11) is 0. The Morgan fingerprint density at radius 3 is 2.89 bits per heavy atom. The van der Waals surface area contributed by atoms with Crippen LogP contribution in [-0.4, -0.2) is 34.2 Å². The van der Waals surface area contributed by atoms with E-state index in [1.165, 1.54) is 12.8 Å². The molecule has 18 heavy (non-hydrogen) atoms. The quantitative estimate of drug-likeness (QED) is 0.885. The average Bonchev–Trinajstić information content (AvgIpc) is 2.88. The second kappa shape index (κ2) is 4.94. The Morgan fingerprint density at radius 2 is 2.11 bits per heavy atom. The molecule has 1 aliphatic rings. The molecule has 2 N–H and O–H groups in total. The van der Waals surface area contributed by atoms with E-state index in [4.69, 9.17) is 5.73 Å². The molecule has 2 aromatic rings. The molecule has 0 bridgehead atoms. The molecule has 0 unspecified atom stereocenters. The van der Waals surface area contributed by atoms with E-state index in [1.54, 1.807) is 0 Å². The number of fused-ring (bicyclic) bond motifs is 1. The van der Waals surface area contributed by atoms with Crippen LogP contribution in [-0.2, 0) is 0 Å². The van der Waals surface area contributed by atoms with Gasteiger partial charge >= 0.3 is 0 Å². The molecule has 3 heterocycles. The van der Waals surface area contributed by atoms with Gasteiger partial charge in [0.2, 0.25) is 0 Å². The first-order chi connectivity index (χ1) is 8.88. The third-order valence-corrected chi connectivity index (χ3v) is 3.79. The van der Waals surface area contributed by atoms with E-state index in [0.717, 1.165) is 43.3 Å². The standard InChI is InChI=1S/C13H19N5/c14-5-1-11-3-8-17(9-4-11)13-12-2-6-16-18(12)10-7-15-13/h2,6-7,10-11H,1,3-5,8-9,14H2. The van der Waals surface area contributed by atoms with Gasteiger partial charge in [-0.05, 0) is 37.8 Å². The summed E-state index contributed by atoms with van der Waals surface area (Å²) in [6.45, 7) is 2.95. The van der Waals surface area contributed by atoms with Crippen LogP contribution >= 0.6 is 0 Å². The third kappa shape index (κ3) is 2.06. The number of rotatable bonds is 3. The van der Waals surface area contributed by atoms with Gasteiger partial charge in [0.1, 0.15) is 5.52 Å². The van der Waals surface area contributed by atoms with Crippen molar-refractivity contribution in [1.29, 1.82) is 0 Å². The highest BCUT2D eigenvalue weighted by atomic mass is 15.3. The van der Waals surface area contributed by atoms with Crippen LogP contribution in [0, 0.1) is 5.92 Å². The van der Waals surface area contributed by atoms with Crippen molar-refractivity contribution in [2.24, 2.45) is 11.7 Å². The maximum absolute atomic E-state index is 5.63. The number of nitrogens with zero attached hydrogens (tertiary/aromatic N) is 4. The molecule has 5 nitrogen and oxygen atoms in total. The van der Waals surface area contributed by atoms with Crippen molar-refractivity contribution in [1.82, 2.24) is 14.6 Å². The van der Waals surface area contributed by atoms with Crippen LogP contribution in [0.15, 0.2) is 24.7 Å². The van der Waals surface area contributed by atoms with Crippen molar-refractivity contribution in [3.8, 4) is 0 Å². The predicted molar refractivity (Wildman–Crippen MR) is 71.6 cm³/mol. The van der Waals surface area contributed by atoms with Crippen LogP contribution in [0.5, 0.6) is 0 Å². The van der Waals surface area contributed by atoms with Crippen LogP contribution in [0.25, 0.3) is 5.52 Å². The van der Waals surface area contributed by atoms with Crippen LogP contribution in [0.3, 0.4) is 0 Å². The summed E-state index contributed by atoms with van der Waals surface area (Å²) in [5.41, 5.74) is 6.72. The highest BCUT2D eigenvalue weighted by Crippen LogP contribution is 2.26. The average molecular weight is 245 g/mol. The number of aromatic nitrogens is 3.